The lowest BCUT2D eigenvalue weighted by molar-refractivity contribution is 0.340. The van der Waals surface area contributed by atoms with E-state index in [0.29, 0.717) is 6.61 Å². The predicted octanol–water partition coefficient (Wildman–Crippen LogP) is 4.47. The lowest BCUT2D eigenvalue weighted by Gasteiger charge is -2.08. The molecule has 26 heavy (non-hydrogen) atoms. The molecule has 0 amide bonds. The molecule has 0 spiro atoms. The number of benzene rings is 2. The molecule has 0 atom stereocenters. The number of ether oxygens (including phenoxy) is 2. The summed E-state index contributed by atoms with van der Waals surface area (Å²) in [6.45, 7) is 2.61. The molecule has 4 aromatic rings. The zero-order valence-corrected chi connectivity index (χ0v) is 14.7. The summed E-state index contributed by atoms with van der Waals surface area (Å²) in [6, 6.07) is 15.9. The van der Waals surface area contributed by atoms with Gasteiger partial charge in [0.2, 0.25) is 0 Å². The van der Waals surface area contributed by atoms with Crippen LogP contribution in [0.5, 0.6) is 11.5 Å². The van der Waals surface area contributed by atoms with Gasteiger partial charge in [0.05, 0.1) is 37.5 Å². The Kier molecular flexibility index (Phi) is 4.27. The summed E-state index contributed by atoms with van der Waals surface area (Å²) in [4.78, 5) is 9.02. The van der Waals surface area contributed by atoms with E-state index in [1.165, 1.54) is 0 Å². The number of methoxy groups -OCH3 is 1. The summed E-state index contributed by atoms with van der Waals surface area (Å²) in [5.41, 5.74) is 4.75. The standard InChI is InChI=1S/C21H19N3O2/c1-3-26-18-6-4-5-16(11-18)19-14-24-20(12-23-21(24)13-22-19)15-7-9-17(25-2)10-8-15/h4-14H,3H2,1-2H3. The largest absolute Gasteiger partial charge is 0.497 e. The molecule has 0 saturated carbocycles. The topological polar surface area (TPSA) is 48.7 Å². The highest BCUT2D eigenvalue weighted by molar-refractivity contribution is 5.67. The van der Waals surface area contributed by atoms with Gasteiger partial charge in [0.1, 0.15) is 11.5 Å². The van der Waals surface area contributed by atoms with Gasteiger partial charge >= 0.3 is 0 Å². The molecule has 0 N–H and O–H groups in total. The lowest BCUT2D eigenvalue weighted by Crippen LogP contribution is -1.94. The molecule has 4 rings (SSSR count). The Morgan fingerprint density at radius 3 is 2.54 bits per heavy atom. The van der Waals surface area contributed by atoms with Crippen molar-refractivity contribution in [1.82, 2.24) is 14.4 Å². The van der Waals surface area contributed by atoms with E-state index in [1.54, 1.807) is 13.3 Å². The molecule has 2 heterocycles. The molecule has 0 aliphatic heterocycles. The maximum Gasteiger partial charge on any atom is 0.155 e. The highest BCUT2D eigenvalue weighted by atomic mass is 16.5. The number of hydrogen-bond donors (Lipinski definition) is 0. The van der Waals surface area contributed by atoms with E-state index in [0.717, 1.165) is 39.7 Å². The summed E-state index contributed by atoms with van der Waals surface area (Å²) in [7, 11) is 1.66. The van der Waals surface area contributed by atoms with E-state index in [4.69, 9.17) is 9.47 Å². The van der Waals surface area contributed by atoms with Crippen molar-refractivity contribution in [1.29, 1.82) is 0 Å². The molecule has 0 aliphatic carbocycles. The molecule has 0 aliphatic rings. The molecule has 2 aromatic heterocycles. The second-order valence-corrected chi connectivity index (χ2v) is 5.83. The van der Waals surface area contributed by atoms with E-state index < -0.39 is 0 Å². The van der Waals surface area contributed by atoms with E-state index in [9.17, 15) is 0 Å². The Balaban J connectivity index is 1.78. The van der Waals surface area contributed by atoms with Gasteiger partial charge in [-0.3, -0.25) is 9.38 Å². The van der Waals surface area contributed by atoms with E-state index in [2.05, 4.69) is 14.4 Å². The predicted molar refractivity (Wildman–Crippen MR) is 102 cm³/mol. The van der Waals surface area contributed by atoms with Gasteiger partial charge in [-0.1, -0.05) is 12.1 Å². The Morgan fingerprint density at radius 2 is 1.77 bits per heavy atom. The van der Waals surface area contributed by atoms with Crippen LogP contribution in [-0.2, 0) is 0 Å². The molecule has 0 fully saturated rings. The summed E-state index contributed by atoms with van der Waals surface area (Å²) >= 11 is 0. The average molecular weight is 345 g/mol. The van der Waals surface area contributed by atoms with Crippen molar-refractivity contribution < 1.29 is 9.47 Å². The maximum atomic E-state index is 5.60. The molecule has 130 valence electrons. The Labute approximate surface area is 151 Å². The van der Waals surface area contributed by atoms with Crippen LogP contribution < -0.4 is 9.47 Å². The van der Waals surface area contributed by atoms with Crippen molar-refractivity contribution in [3.63, 3.8) is 0 Å². The minimum atomic E-state index is 0.638. The van der Waals surface area contributed by atoms with Crippen LogP contribution in [0.2, 0.25) is 0 Å². The summed E-state index contributed by atoms with van der Waals surface area (Å²) in [6.07, 6.45) is 5.65. The highest BCUT2D eigenvalue weighted by Crippen LogP contribution is 2.26. The quantitative estimate of drug-likeness (QED) is 0.535. The molecular formula is C21H19N3O2. The first-order valence-electron chi connectivity index (χ1n) is 8.49. The molecule has 2 aromatic carbocycles. The smallest absolute Gasteiger partial charge is 0.155 e. The van der Waals surface area contributed by atoms with Crippen LogP contribution in [0.1, 0.15) is 6.92 Å². The highest BCUT2D eigenvalue weighted by Gasteiger charge is 2.09. The molecule has 0 bridgehead atoms. The fourth-order valence-corrected chi connectivity index (χ4v) is 2.93. The van der Waals surface area contributed by atoms with Gasteiger partial charge in [0, 0.05) is 17.3 Å². The van der Waals surface area contributed by atoms with Crippen molar-refractivity contribution in [2.75, 3.05) is 13.7 Å². The van der Waals surface area contributed by atoms with Gasteiger partial charge in [-0.25, -0.2) is 4.98 Å². The molecule has 0 unspecified atom stereocenters. The van der Waals surface area contributed by atoms with E-state index in [1.807, 2.05) is 67.8 Å². The number of aromatic nitrogens is 3. The van der Waals surface area contributed by atoms with Gasteiger partial charge in [-0.05, 0) is 43.3 Å². The molecule has 5 heteroatoms. The number of fused-ring (bicyclic) bond motifs is 1. The van der Waals surface area contributed by atoms with Crippen molar-refractivity contribution in [2.24, 2.45) is 0 Å². The zero-order chi connectivity index (χ0) is 17.9. The van der Waals surface area contributed by atoms with E-state index in [-0.39, 0.29) is 0 Å². The maximum absolute atomic E-state index is 5.60. The van der Waals surface area contributed by atoms with Crippen LogP contribution in [0.3, 0.4) is 0 Å². The summed E-state index contributed by atoms with van der Waals surface area (Å²) < 4.78 is 12.9. The Hall–Kier alpha value is -3.34. The number of imidazole rings is 1. The van der Waals surface area contributed by atoms with Gasteiger partial charge in [-0.2, -0.15) is 0 Å². The van der Waals surface area contributed by atoms with Gasteiger partial charge in [0.25, 0.3) is 0 Å². The second kappa shape index (κ2) is 6.88. The van der Waals surface area contributed by atoms with Crippen LogP contribution in [0, 0.1) is 0 Å². The molecular weight excluding hydrogens is 326 g/mol. The third-order valence-electron chi connectivity index (χ3n) is 4.22. The molecule has 0 saturated heterocycles. The van der Waals surface area contributed by atoms with Gasteiger partial charge in [0.15, 0.2) is 5.65 Å². The van der Waals surface area contributed by atoms with Crippen molar-refractivity contribution in [2.45, 2.75) is 6.92 Å². The molecule has 0 radical (unpaired) electrons. The van der Waals surface area contributed by atoms with Gasteiger partial charge < -0.3 is 9.47 Å². The van der Waals surface area contributed by atoms with Crippen LogP contribution in [0.25, 0.3) is 28.2 Å². The first-order valence-corrected chi connectivity index (χ1v) is 8.49. The van der Waals surface area contributed by atoms with Crippen molar-refractivity contribution in [3.05, 3.63) is 67.1 Å². The first kappa shape index (κ1) is 16.1. The lowest BCUT2D eigenvalue weighted by atomic mass is 10.1. The summed E-state index contributed by atoms with van der Waals surface area (Å²) in [5, 5.41) is 0. The summed E-state index contributed by atoms with van der Waals surface area (Å²) in [5.74, 6) is 1.67. The fraction of sp³-hybridized carbons (Fsp3) is 0.143. The Morgan fingerprint density at radius 1 is 0.923 bits per heavy atom. The van der Waals surface area contributed by atoms with Crippen molar-refractivity contribution in [3.8, 4) is 34.0 Å². The fourth-order valence-electron chi connectivity index (χ4n) is 2.93. The van der Waals surface area contributed by atoms with Crippen molar-refractivity contribution >= 4 is 5.65 Å². The van der Waals surface area contributed by atoms with E-state index >= 15 is 0 Å². The SMILES string of the molecule is CCOc1cccc(-c2cn3c(-c4ccc(OC)cc4)cnc3cn2)c1. The normalized spacial score (nSPS) is 10.8. The molecule has 5 nitrogen and oxygen atoms in total. The van der Waals surface area contributed by atoms with Crippen LogP contribution in [-0.4, -0.2) is 28.1 Å². The van der Waals surface area contributed by atoms with Crippen LogP contribution >= 0.6 is 0 Å². The minimum Gasteiger partial charge on any atom is -0.497 e. The monoisotopic (exact) mass is 345 g/mol. The Bertz CT molecular complexity index is 1040. The number of nitrogens with zero attached hydrogens (tertiary/aromatic N) is 3. The number of rotatable bonds is 5. The zero-order valence-electron chi connectivity index (χ0n) is 14.7. The number of hydrogen-bond acceptors (Lipinski definition) is 4. The third-order valence-corrected chi connectivity index (χ3v) is 4.22. The van der Waals surface area contributed by atoms with Gasteiger partial charge in [-0.15, -0.1) is 0 Å². The van der Waals surface area contributed by atoms with Crippen LogP contribution in [0.15, 0.2) is 67.1 Å². The third kappa shape index (κ3) is 2.99. The van der Waals surface area contributed by atoms with Crippen LogP contribution in [0.4, 0.5) is 0 Å². The minimum absolute atomic E-state index is 0.638. The second-order valence-electron chi connectivity index (χ2n) is 5.83. The average Bonchev–Trinajstić information content (AvgIpc) is 3.12. The first-order chi connectivity index (χ1) is 12.8.